The van der Waals surface area contributed by atoms with Crippen molar-refractivity contribution in [1.82, 2.24) is 0 Å². The quantitative estimate of drug-likeness (QED) is 0.633. The van der Waals surface area contributed by atoms with Crippen LogP contribution in [-0.2, 0) is 6.42 Å². The normalized spacial score (nSPS) is 15.3. The molecule has 0 saturated heterocycles. The molecule has 2 aromatic carbocycles. The molecule has 3 heteroatoms. The van der Waals surface area contributed by atoms with Gasteiger partial charge in [0.15, 0.2) is 0 Å². The average Bonchev–Trinajstić information content (AvgIpc) is 2.74. The van der Waals surface area contributed by atoms with Crippen LogP contribution in [0.4, 0.5) is 5.69 Å². The van der Waals surface area contributed by atoms with E-state index in [1.165, 1.54) is 11.1 Å². The van der Waals surface area contributed by atoms with Gasteiger partial charge in [0.1, 0.15) is 0 Å². The number of halogens is 2. The molecule has 2 aliphatic rings. The first-order valence-electron chi connectivity index (χ1n) is 6.09. The van der Waals surface area contributed by atoms with E-state index in [4.69, 9.17) is 28.2 Å². The Hall–Kier alpha value is -1.57. The van der Waals surface area contributed by atoms with Crippen molar-refractivity contribution < 1.29 is 0 Å². The highest BCUT2D eigenvalue weighted by atomic mass is 35.5. The van der Waals surface area contributed by atoms with Gasteiger partial charge in [0, 0.05) is 27.6 Å². The molecule has 0 aromatic heterocycles. The summed E-state index contributed by atoms with van der Waals surface area (Å²) in [5.41, 5.74) is 6.74. The molecular weight excluding hydrogens is 277 g/mol. The third kappa shape index (κ3) is 1.66. The van der Waals surface area contributed by atoms with E-state index in [0.29, 0.717) is 5.02 Å². The van der Waals surface area contributed by atoms with Gasteiger partial charge in [-0.3, -0.25) is 4.99 Å². The van der Waals surface area contributed by atoms with Crippen molar-refractivity contribution in [2.45, 2.75) is 6.42 Å². The number of hydrogen-bond acceptors (Lipinski definition) is 1. The van der Waals surface area contributed by atoms with Crippen molar-refractivity contribution in [3.8, 4) is 0 Å². The van der Waals surface area contributed by atoms with E-state index in [1.807, 2.05) is 24.3 Å². The second-order valence-electron chi connectivity index (χ2n) is 4.77. The summed E-state index contributed by atoms with van der Waals surface area (Å²) < 4.78 is 0. The Labute approximate surface area is 121 Å². The van der Waals surface area contributed by atoms with Crippen LogP contribution >= 0.6 is 23.2 Å². The standard InChI is InChI=1S/C16H9Cl2N/c17-10-5-9-6-13-11-3-1-2-4-15(11)19-16(13)8-12(9)14(18)7-10/h1-7H,8H2. The van der Waals surface area contributed by atoms with Gasteiger partial charge in [-0.1, -0.05) is 41.4 Å². The number of allylic oxidation sites excluding steroid dienone is 1. The third-order valence-electron chi connectivity index (χ3n) is 3.60. The van der Waals surface area contributed by atoms with Crippen LogP contribution in [0, 0.1) is 0 Å². The van der Waals surface area contributed by atoms with E-state index in [-0.39, 0.29) is 0 Å². The van der Waals surface area contributed by atoms with Crippen molar-refractivity contribution in [2.75, 3.05) is 0 Å². The average molecular weight is 286 g/mol. The topological polar surface area (TPSA) is 12.4 Å². The van der Waals surface area contributed by atoms with E-state index >= 15 is 0 Å². The molecule has 0 unspecified atom stereocenters. The fourth-order valence-corrected chi connectivity index (χ4v) is 3.29. The van der Waals surface area contributed by atoms with Gasteiger partial charge in [0.25, 0.3) is 0 Å². The molecular formula is C16H9Cl2N. The summed E-state index contributed by atoms with van der Waals surface area (Å²) in [5, 5.41) is 1.39. The van der Waals surface area contributed by atoms with E-state index in [2.05, 4.69) is 12.1 Å². The minimum absolute atomic E-state index is 0.673. The molecule has 1 heterocycles. The largest absolute Gasteiger partial charge is 0.252 e. The highest BCUT2D eigenvalue weighted by Gasteiger charge is 2.26. The monoisotopic (exact) mass is 285 g/mol. The van der Waals surface area contributed by atoms with Gasteiger partial charge >= 0.3 is 0 Å². The van der Waals surface area contributed by atoms with Gasteiger partial charge in [0.2, 0.25) is 0 Å². The number of benzene rings is 2. The van der Waals surface area contributed by atoms with E-state index < -0.39 is 0 Å². The predicted octanol–water partition coefficient (Wildman–Crippen LogP) is 5.18. The fourth-order valence-electron chi connectivity index (χ4n) is 2.72. The lowest BCUT2D eigenvalue weighted by molar-refractivity contribution is 1.30. The second-order valence-corrected chi connectivity index (χ2v) is 5.61. The van der Waals surface area contributed by atoms with Crippen LogP contribution in [0.3, 0.4) is 0 Å². The van der Waals surface area contributed by atoms with Crippen LogP contribution in [0.25, 0.3) is 11.6 Å². The molecule has 1 aliphatic heterocycles. The molecule has 0 fully saturated rings. The van der Waals surface area contributed by atoms with Gasteiger partial charge in [-0.2, -0.15) is 0 Å². The Morgan fingerprint density at radius 2 is 1.89 bits per heavy atom. The van der Waals surface area contributed by atoms with E-state index in [9.17, 15) is 0 Å². The van der Waals surface area contributed by atoms with Crippen LogP contribution in [0.2, 0.25) is 10.0 Å². The minimum Gasteiger partial charge on any atom is -0.252 e. The fraction of sp³-hybridized carbons (Fsp3) is 0.0625. The zero-order valence-electron chi connectivity index (χ0n) is 9.95. The minimum atomic E-state index is 0.673. The zero-order valence-corrected chi connectivity index (χ0v) is 11.5. The van der Waals surface area contributed by atoms with Gasteiger partial charge in [-0.15, -0.1) is 0 Å². The Morgan fingerprint density at radius 3 is 2.79 bits per heavy atom. The Morgan fingerprint density at radius 1 is 1.05 bits per heavy atom. The van der Waals surface area contributed by atoms with Crippen molar-refractivity contribution in [3.63, 3.8) is 0 Å². The lowest BCUT2D eigenvalue weighted by atomic mass is 9.88. The van der Waals surface area contributed by atoms with Crippen molar-refractivity contribution in [1.29, 1.82) is 0 Å². The van der Waals surface area contributed by atoms with Crippen LogP contribution < -0.4 is 0 Å². The number of fused-ring (bicyclic) bond motifs is 4. The summed E-state index contributed by atoms with van der Waals surface area (Å²) in [6.45, 7) is 0. The number of hydrogen-bond donors (Lipinski definition) is 0. The van der Waals surface area contributed by atoms with Crippen LogP contribution in [0.15, 0.2) is 41.4 Å². The third-order valence-corrected chi connectivity index (χ3v) is 4.15. The van der Waals surface area contributed by atoms with Gasteiger partial charge in [0.05, 0.1) is 11.4 Å². The molecule has 92 valence electrons. The molecule has 2 aromatic rings. The number of nitrogens with zero attached hydrogens (tertiary/aromatic N) is 1. The number of para-hydroxylation sites is 1. The molecule has 0 bridgehead atoms. The Bertz CT molecular complexity index is 772. The molecule has 0 saturated carbocycles. The summed E-state index contributed by atoms with van der Waals surface area (Å²) in [4.78, 5) is 4.69. The molecule has 0 spiro atoms. The predicted molar refractivity (Wildman–Crippen MR) is 81.6 cm³/mol. The van der Waals surface area contributed by atoms with Crippen LogP contribution in [0.1, 0.15) is 16.7 Å². The molecule has 19 heavy (non-hydrogen) atoms. The Balaban J connectivity index is 1.97. The highest BCUT2D eigenvalue weighted by molar-refractivity contribution is 6.38. The van der Waals surface area contributed by atoms with Gasteiger partial charge in [-0.05, 0) is 35.4 Å². The van der Waals surface area contributed by atoms with E-state index in [0.717, 1.165) is 34.0 Å². The molecule has 1 aliphatic carbocycles. The summed E-state index contributed by atoms with van der Waals surface area (Å²) >= 11 is 12.4. The lowest BCUT2D eigenvalue weighted by Gasteiger charge is -2.17. The molecule has 4 rings (SSSR count). The van der Waals surface area contributed by atoms with Crippen LogP contribution in [0.5, 0.6) is 0 Å². The summed E-state index contributed by atoms with van der Waals surface area (Å²) in [6, 6.07) is 12.0. The first-order chi connectivity index (χ1) is 9.22. The van der Waals surface area contributed by atoms with Gasteiger partial charge in [-0.25, -0.2) is 0 Å². The highest BCUT2D eigenvalue weighted by Crippen LogP contribution is 2.41. The maximum Gasteiger partial charge on any atom is 0.0712 e. The van der Waals surface area contributed by atoms with E-state index in [1.54, 1.807) is 6.07 Å². The van der Waals surface area contributed by atoms with Crippen molar-refractivity contribution >= 4 is 46.3 Å². The molecule has 1 nitrogen and oxygen atoms in total. The van der Waals surface area contributed by atoms with Crippen molar-refractivity contribution in [2.24, 2.45) is 4.99 Å². The smallest absolute Gasteiger partial charge is 0.0712 e. The molecule has 0 radical (unpaired) electrons. The molecule has 0 N–H and O–H groups in total. The van der Waals surface area contributed by atoms with Crippen LogP contribution in [-0.4, -0.2) is 5.71 Å². The lowest BCUT2D eigenvalue weighted by Crippen LogP contribution is -2.09. The Kier molecular flexibility index (Phi) is 2.35. The maximum atomic E-state index is 6.28. The molecule has 0 amide bonds. The summed E-state index contributed by atoms with van der Waals surface area (Å²) in [7, 11) is 0. The first kappa shape index (κ1) is 11.3. The van der Waals surface area contributed by atoms with Crippen molar-refractivity contribution in [3.05, 3.63) is 63.1 Å². The first-order valence-corrected chi connectivity index (χ1v) is 6.85. The van der Waals surface area contributed by atoms with Gasteiger partial charge < -0.3 is 0 Å². The SMILES string of the molecule is Clc1cc(Cl)c2c(c1)C=C1C(=Nc3ccccc31)C2. The molecule has 0 atom stereocenters. The second kappa shape index (κ2) is 3.96. The number of rotatable bonds is 0. The number of aliphatic imine (C=N–C) groups is 1. The summed E-state index contributed by atoms with van der Waals surface area (Å²) in [6.07, 6.45) is 2.91. The zero-order chi connectivity index (χ0) is 13.0. The summed E-state index contributed by atoms with van der Waals surface area (Å²) in [5.74, 6) is 0. The maximum absolute atomic E-state index is 6.28.